The highest BCUT2D eigenvalue weighted by molar-refractivity contribution is 6.31. The van der Waals surface area contributed by atoms with Gasteiger partial charge in [-0.1, -0.05) is 48.0 Å². The Hall–Kier alpha value is -3.44. The van der Waals surface area contributed by atoms with Gasteiger partial charge in [0.2, 0.25) is 5.76 Å². The lowest BCUT2D eigenvalue weighted by Crippen LogP contribution is -2.30. The summed E-state index contributed by atoms with van der Waals surface area (Å²) in [5, 5.41) is 0.861. The van der Waals surface area contributed by atoms with Crippen molar-refractivity contribution in [3.8, 4) is 0 Å². The molecule has 0 saturated heterocycles. The second kappa shape index (κ2) is 7.61. The maximum atomic E-state index is 14.9. The highest BCUT2D eigenvalue weighted by Crippen LogP contribution is 2.40. The van der Waals surface area contributed by atoms with Gasteiger partial charge >= 0.3 is 0 Å². The van der Waals surface area contributed by atoms with E-state index in [2.05, 4.69) is 0 Å². The van der Waals surface area contributed by atoms with Gasteiger partial charge in [-0.3, -0.25) is 9.59 Å². The Bertz CT molecular complexity index is 1460. The number of nitrogens with zero attached hydrogens (tertiary/aromatic N) is 1. The minimum absolute atomic E-state index is 0.0499. The number of halogens is 2. The number of carbonyl (C=O) groups is 1. The molecule has 4 aromatic rings. The Morgan fingerprint density at radius 3 is 2.44 bits per heavy atom. The smallest absolute Gasteiger partial charge is 0.291 e. The molecular formula is C26H19ClFNO3. The number of aryl methyl sites for hydroxylation is 2. The minimum atomic E-state index is -0.919. The predicted molar refractivity (Wildman–Crippen MR) is 122 cm³/mol. The average molecular weight is 448 g/mol. The van der Waals surface area contributed by atoms with Gasteiger partial charge < -0.3 is 9.32 Å². The van der Waals surface area contributed by atoms with Crippen molar-refractivity contribution < 1.29 is 13.6 Å². The molecule has 0 saturated carbocycles. The lowest BCUT2D eigenvalue weighted by atomic mass is 9.97. The van der Waals surface area contributed by atoms with Crippen molar-refractivity contribution >= 4 is 28.5 Å². The molecule has 1 amide bonds. The summed E-state index contributed by atoms with van der Waals surface area (Å²) in [6.45, 7) is 3.93. The number of fused-ring (bicyclic) bond motifs is 2. The third kappa shape index (κ3) is 3.12. The van der Waals surface area contributed by atoms with Crippen LogP contribution in [0.2, 0.25) is 5.02 Å². The summed E-state index contributed by atoms with van der Waals surface area (Å²) < 4.78 is 20.9. The van der Waals surface area contributed by atoms with Crippen LogP contribution >= 0.6 is 11.6 Å². The maximum Gasteiger partial charge on any atom is 0.291 e. The Labute approximate surface area is 188 Å². The summed E-state index contributed by atoms with van der Waals surface area (Å²) in [4.78, 5) is 28.5. The molecule has 5 rings (SSSR count). The second-order valence-electron chi connectivity index (χ2n) is 8.06. The summed E-state index contributed by atoms with van der Waals surface area (Å²) in [6.07, 6.45) is 0. The van der Waals surface area contributed by atoms with E-state index in [1.54, 1.807) is 48.5 Å². The van der Waals surface area contributed by atoms with E-state index in [1.165, 1.54) is 11.0 Å². The fourth-order valence-corrected chi connectivity index (χ4v) is 4.46. The van der Waals surface area contributed by atoms with Gasteiger partial charge in [0.05, 0.1) is 17.0 Å². The zero-order valence-electron chi connectivity index (χ0n) is 17.5. The molecule has 0 bridgehead atoms. The zero-order chi connectivity index (χ0) is 22.6. The molecule has 0 N–H and O–H groups in total. The van der Waals surface area contributed by atoms with Crippen LogP contribution in [-0.4, -0.2) is 10.8 Å². The van der Waals surface area contributed by atoms with E-state index in [-0.39, 0.29) is 28.9 Å². The van der Waals surface area contributed by atoms with E-state index in [9.17, 15) is 14.0 Å². The number of carbonyl (C=O) groups excluding carboxylic acids is 1. The highest BCUT2D eigenvalue weighted by atomic mass is 35.5. The molecule has 0 radical (unpaired) electrons. The van der Waals surface area contributed by atoms with Gasteiger partial charge in [-0.15, -0.1) is 0 Å². The SMILES string of the molecule is Cc1cc2oc3c(c(=O)c2cc1C)C(c1ccccc1F)N(Cc1ccccc1Cl)C3=O. The first-order chi connectivity index (χ1) is 15.4. The zero-order valence-corrected chi connectivity index (χ0v) is 18.2. The maximum absolute atomic E-state index is 14.9. The predicted octanol–water partition coefficient (Wildman–Crippen LogP) is 5.95. The average Bonchev–Trinajstić information content (AvgIpc) is 3.04. The topological polar surface area (TPSA) is 50.5 Å². The largest absolute Gasteiger partial charge is 0.450 e. The van der Waals surface area contributed by atoms with Gasteiger partial charge in [0.1, 0.15) is 11.4 Å². The Morgan fingerprint density at radius 2 is 1.69 bits per heavy atom. The molecule has 0 fully saturated rings. The molecule has 1 unspecified atom stereocenters. The Morgan fingerprint density at radius 1 is 1.00 bits per heavy atom. The van der Waals surface area contributed by atoms with Crippen LogP contribution in [0, 0.1) is 19.7 Å². The van der Waals surface area contributed by atoms with Gasteiger partial charge in [-0.2, -0.15) is 0 Å². The van der Waals surface area contributed by atoms with E-state index in [1.807, 2.05) is 19.9 Å². The molecule has 2 heterocycles. The van der Waals surface area contributed by atoms with Crippen molar-refractivity contribution in [1.82, 2.24) is 4.90 Å². The van der Waals surface area contributed by atoms with Crippen LogP contribution in [0.5, 0.6) is 0 Å². The van der Waals surface area contributed by atoms with Crippen LogP contribution < -0.4 is 5.43 Å². The van der Waals surface area contributed by atoms with Crippen molar-refractivity contribution in [3.05, 3.63) is 115 Å². The third-order valence-electron chi connectivity index (χ3n) is 6.08. The lowest BCUT2D eigenvalue weighted by Gasteiger charge is -2.26. The second-order valence-corrected chi connectivity index (χ2v) is 8.46. The Kier molecular flexibility index (Phi) is 4.86. The number of rotatable bonds is 3. The third-order valence-corrected chi connectivity index (χ3v) is 6.45. The number of benzene rings is 3. The van der Waals surface area contributed by atoms with Gasteiger partial charge in [-0.25, -0.2) is 4.39 Å². The highest BCUT2D eigenvalue weighted by Gasteiger charge is 2.43. The van der Waals surface area contributed by atoms with E-state index in [0.717, 1.165) is 11.1 Å². The fourth-order valence-electron chi connectivity index (χ4n) is 4.27. The first-order valence-corrected chi connectivity index (χ1v) is 10.6. The summed E-state index contributed by atoms with van der Waals surface area (Å²) in [5.41, 5.74) is 2.99. The minimum Gasteiger partial charge on any atom is -0.450 e. The molecular weight excluding hydrogens is 429 g/mol. The van der Waals surface area contributed by atoms with Crippen LogP contribution in [0.4, 0.5) is 4.39 Å². The molecule has 1 aliphatic rings. The molecule has 4 nitrogen and oxygen atoms in total. The van der Waals surface area contributed by atoms with Gasteiger partial charge in [0, 0.05) is 17.1 Å². The first kappa shape index (κ1) is 20.5. The normalized spacial score (nSPS) is 15.4. The summed E-state index contributed by atoms with van der Waals surface area (Å²) in [5.74, 6) is -1.02. The van der Waals surface area contributed by atoms with Crippen molar-refractivity contribution in [2.24, 2.45) is 0 Å². The van der Waals surface area contributed by atoms with Gasteiger partial charge in [-0.05, 0) is 54.8 Å². The van der Waals surface area contributed by atoms with Crippen molar-refractivity contribution in [2.75, 3.05) is 0 Å². The number of amides is 1. The summed E-state index contributed by atoms with van der Waals surface area (Å²) in [7, 11) is 0. The van der Waals surface area contributed by atoms with Crippen LogP contribution in [0.15, 0.2) is 69.9 Å². The van der Waals surface area contributed by atoms with E-state index in [0.29, 0.717) is 21.6 Å². The standard InChI is InChI=1S/C26H19ClFNO3/c1-14-11-18-21(12-15(14)2)32-25-22(24(18)30)23(17-8-4-6-10-20(17)28)29(26(25)31)13-16-7-3-5-9-19(16)27/h3-12,23H,13H2,1-2H3. The molecule has 6 heteroatoms. The van der Waals surface area contributed by atoms with Crippen LogP contribution in [0.3, 0.4) is 0 Å². The van der Waals surface area contributed by atoms with E-state index >= 15 is 0 Å². The van der Waals surface area contributed by atoms with Crippen LogP contribution in [0.25, 0.3) is 11.0 Å². The van der Waals surface area contributed by atoms with Crippen molar-refractivity contribution in [3.63, 3.8) is 0 Å². The molecule has 32 heavy (non-hydrogen) atoms. The Balaban J connectivity index is 1.78. The van der Waals surface area contributed by atoms with Crippen LogP contribution in [0.1, 0.15) is 44.4 Å². The molecule has 1 atom stereocenters. The quantitative estimate of drug-likeness (QED) is 0.390. The van der Waals surface area contributed by atoms with E-state index in [4.69, 9.17) is 16.0 Å². The monoisotopic (exact) mass is 447 g/mol. The molecule has 0 spiro atoms. The fraction of sp³-hybridized carbons (Fsp3) is 0.154. The van der Waals surface area contributed by atoms with Gasteiger partial charge in [0.25, 0.3) is 5.91 Å². The molecule has 160 valence electrons. The molecule has 1 aromatic heterocycles. The summed E-state index contributed by atoms with van der Waals surface area (Å²) in [6, 6.07) is 15.9. The number of hydrogen-bond donors (Lipinski definition) is 0. The molecule has 1 aliphatic heterocycles. The summed E-state index contributed by atoms with van der Waals surface area (Å²) >= 11 is 6.34. The van der Waals surface area contributed by atoms with Crippen LogP contribution in [-0.2, 0) is 6.54 Å². The first-order valence-electron chi connectivity index (χ1n) is 10.2. The van der Waals surface area contributed by atoms with Crippen molar-refractivity contribution in [1.29, 1.82) is 0 Å². The van der Waals surface area contributed by atoms with Crippen molar-refractivity contribution in [2.45, 2.75) is 26.4 Å². The molecule has 3 aromatic carbocycles. The number of hydrogen-bond acceptors (Lipinski definition) is 3. The van der Waals surface area contributed by atoms with E-state index < -0.39 is 17.8 Å². The van der Waals surface area contributed by atoms with Gasteiger partial charge in [0.15, 0.2) is 5.43 Å². The molecule has 0 aliphatic carbocycles. The lowest BCUT2D eigenvalue weighted by molar-refractivity contribution is 0.0712.